The van der Waals surface area contributed by atoms with Gasteiger partial charge in [-0.3, -0.25) is 9.69 Å². The molecule has 1 fully saturated rings. The van der Waals surface area contributed by atoms with Crippen LogP contribution in [0, 0.1) is 26.7 Å². The molecule has 0 atom stereocenters. The molecule has 0 spiro atoms. The van der Waals surface area contributed by atoms with Gasteiger partial charge in [-0.2, -0.15) is 4.31 Å². The number of anilines is 1. The second-order valence-electron chi connectivity index (χ2n) is 9.71. The first-order valence-corrected chi connectivity index (χ1v) is 14.2. The Kier molecular flexibility index (Phi) is 7.61. The average Bonchev–Trinajstić information content (AvgIpc) is 3.23. The van der Waals surface area contributed by atoms with E-state index in [2.05, 4.69) is 30.9 Å². The fourth-order valence-electron chi connectivity index (χ4n) is 4.50. The number of piperidine rings is 1. The van der Waals surface area contributed by atoms with Crippen LogP contribution >= 0.6 is 11.3 Å². The van der Waals surface area contributed by atoms with E-state index in [1.165, 1.54) is 9.87 Å². The molecule has 9 heteroatoms. The summed E-state index contributed by atoms with van der Waals surface area (Å²) in [5.41, 5.74) is 4.25. The van der Waals surface area contributed by atoms with Crippen molar-refractivity contribution in [2.45, 2.75) is 38.5 Å². The van der Waals surface area contributed by atoms with Crippen molar-refractivity contribution in [3.8, 4) is 0 Å². The van der Waals surface area contributed by atoms with Crippen molar-refractivity contribution in [3.05, 3.63) is 53.1 Å². The molecule has 188 valence electrons. The van der Waals surface area contributed by atoms with Crippen LogP contribution in [-0.2, 0) is 14.8 Å². The van der Waals surface area contributed by atoms with E-state index in [1.807, 2.05) is 38.1 Å². The number of likely N-dealkylation sites (N-methyl/N-ethyl adjacent to an activating group) is 1. The predicted molar refractivity (Wildman–Crippen MR) is 143 cm³/mol. The number of carbonyl (C=O) groups excluding carboxylic acids is 1. The minimum Gasteiger partial charge on any atom is -0.308 e. The molecular formula is C26H34N4O3S2. The second kappa shape index (κ2) is 10.3. The fourth-order valence-corrected chi connectivity index (χ4v) is 7.14. The SMILES string of the molecule is Cc1ccc(S(=O)(=O)N2CCC(C(=O)N(CCN(C)C)c3nc4c(C)cc(C)cc4s3)CC2)cc1. The molecule has 1 aliphatic heterocycles. The van der Waals surface area contributed by atoms with Gasteiger partial charge in [0.1, 0.15) is 0 Å². The number of carbonyl (C=O) groups is 1. The Morgan fingerprint density at radius 2 is 1.69 bits per heavy atom. The molecule has 0 unspecified atom stereocenters. The van der Waals surface area contributed by atoms with E-state index in [9.17, 15) is 13.2 Å². The van der Waals surface area contributed by atoms with Crippen LogP contribution in [0.1, 0.15) is 29.5 Å². The van der Waals surface area contributed by atoms with Crippen LogP contribution < -0.4 is 4.90 Å². The molecule has 0 N–H and O–H groups in total. The van der Waals surface area contributed by atoms with Gasteiger partial charge in [-0.25, -0.2) is 13.4 Å². The van der Waals surface area contributed by atoms with Gasteiger partial charge >= 0.3 is 0 Å². The predicted octanol–water partition coefficient (Wildman–Crippen LogP) is 4.22. The number of thiazole rings is 1. The van der Waals surface area contributed by atoms with Gasteiger partial charge in [-0.1, -0.05) is 35.1 Å². The van der Waals surface area contributed by atoms with E-state index < -0.39 is 10.0 Å². The number of benzene rings is 2. The Bertz CT molecular complexity index is 1310. The summed E-state index contributed by atoms with van der Waals surface area (Å²) >= 11 is 1.55. The highest BCUT2D eigenvalue weighted by atomic mass is 32.2. The van der Waals surface area contributed by atoms with Gasteiger partial charge in [0.2, 0.25) is 15.9 Å². The van der Waals surface area contributed by atoms with Crippen molar-refractivity contribution >= 4 is 42.6 Å². The number of nitrogens with zero attached hydrogens (tertiary/aromatic N) is 4. The first-order chi connectivity index (χ1) is 16.6. The van der Waals surface area contributed by atoms with Crippen LogP contribution in [0.4, 0.5) is 5.13 Å². The second-order valence-corrected chi connectivity index (χ2v) is 12.7. The molecule has 1 aliphatic rings. The maximum absolute atomic E-state index is 13.7. The summed E-state index contributed by atoms with van der Waals surface area (Å²) in [5, 5.41) is 0.718. The van der Waals surface area contributed by atoms with E-state index >= 15 is 0 Å². The number of amides is 1. The van der Waals surface area contributed by atoms with Crippen LogP contribution in [0.2, 0.25) is 0 Å². The first-order valence-electron chi connectivity index (χ1n) is 12.0. The highest BCUT2D eigenvalue weighted by Gasteiger charge is 2.35. The number of rotatable bonds is 7. The molecule has 4 rings (SSSR count). The van der Waals surface area contributed by atoms with Crippen LogP contribution in [-0.4, -0.2) is 68.8 Å². The van der Waals surface area contributed by atoms with Crippen molar-refractivity contribution < 1.29 is 13.2 Å². The molecule has 0 aliphatic carbocycles. The van der Waals surface area contributed by atoms with E-state index in [-0.39, 0.29) is 11.8 Å². The average molecular weight is 515 g/mol. The van der Waals surface area contributed by atoms with Gasteiger partial charge in [-0.05, 0) is 77.0 Å². The highest BCUT2D eigenvalue weighted by molar-refractivity contribution is 7.89. The van der Waals surface area contributed by atoms with Crippen LogP contribution in [0.15, 0.2) is 41.3 Å². The van der Waals surface area contributed by atoms with E-state index in [0.29, 0.717) is 37.4 Å². The zero-order valence-corrected chi connectivity index (χ0v) is 22.7. The molecule has 1 saturated heterocycles. The van der Waals surface area contributed by atoms with E-state index in [4.69, 9.17) is 4.98 Å². The maximum atomic E-state index is 13.7. The van der Waals surface area contributed by atoms with Crippen molar-refractivity contribution in [1.29, 1.82) is 0 Å². The molecule has 0 bridgehead atoms. The Labute approximate surface area is 212 Å². The largest absolute Gasteiger partial charge is 0.308 e. The van der Waals surface area contributed by atoms with Crippen molar-refractivity contribution in [3.63, 3.8) is 0 Å². The lowest BCUT2D eigenvalue weighted by molar-refractivity contribution is -0.123. The zero-order chi connectivity index (χ0) is 25.3. The molecule has 0 radical (unpaired) electrons. The quantitative estimate of drug-likeness (QED) is 0.472. The highest BCUT2D eigenvalue weighted by Crippen LogP contribution is 2.34. The third-order valence-electron chi connectivity index (χ3n) is 6.55. The van der Waals surface area contributed by atoms with Crippen molar-refractivity contribution in [2.75, 3.05) is 45.2 Å². The first kappa shape index (κ1) is 25.8. The molecule has 3 aromatic rings. The standard InChI is InChI=1S/C26H34N4O3S2/c1-18-6-8-22(9-7-18)35(32,33)29-12-10-21(11-13-29)25(31)30(15-14-28(4)5)26-27-24-20(3)16-19(2)17-23(24)34-26/h6-9,16-17,21H,10-15H2,1-5H3. The molecule has 7 nitrogen and oxygen atoms in total. The van der Waals surface area contributed by atoms with Crippen molar-refractivity contribution in [1.82, 2.24) is 14.2 Å². The molecule has 35 heavy (non-hydrogen) atoms. The molecule has 2 heterocycles. The third-order valence-corrected chi connectivity index (χ3v) is 9.49. The summed E-state index contributed by atoms with van der Waals surface area (Å²) in [6.45, 7) is 8.00. The normalized spacial score (nSPS) is 15.7. The summed E-state index contributed by atoms with van der Waals surface area (Å²) in [6, 6.07) is 11.2. The minimum atomic E-state index is -3.56. The summed E-state index contributed by atoms with van der Waals surface area (Å²) in [5.74, 6) is -0.191. The molecule has 1 amide bonds. The lowest BCUT2D eigenvalue weighted by atomic mass is 9.96. The number of hydrogen-bond acceptors (Lipinski definition) is 6. The smallest absolute Gasteiger partial charge is 0.243 e. The molecule has 0 saturated carbocycles. The molecular weight excluding hydrogens is 480 g/mol. The number of aryl methyl sites for hydroxylation is 3. The summed E-state index contributed by atoms with van der Waals surface area (Å²) < 4.78 is 28.8. The topological polar surface area (TPSA) is 73.8 Å². The molecule has 1 aromatic heterocycles. The lowest BCUT2D eigenvalue weighted by Crippen LogP contribution is -2.46. The summed E-state index contributed by atoms with van der Waals surface area (Å²) in [7, 11) is 0.422. The van der Waals surface area contributed by atoms with Gasteiger partial charge in [-0.15, -0.1) is 0 Å². The zero-order valence-electron chi connectivity index (χ0n) is 21.1. The lowest BCUT2D eigenvalue weighted by Gasteiger charge is -2.33. The number of sulfonamides is 1. The minimum absolute atomic E-state index is 0.0349. The van der Waals surface area contributed by atoms with Gasteiger partial charge in [0.15, 0.2) is 5.13 Å². The van der Waals surface area contributed by atoms with Gasteiger partial charge in [0.25, 0.3) is 0 Å². The van der Waals surface area contributed by atoms with Crippen molar-refractivity contribution in [2.24, 2.45) is 5.92 Å². The summed E-state index contributed by atoms with van der Waals surface area (Å²) in [4.78, 5) is 22.7. The van der Waals surface area contributed by atoms with Crippen LogP contribution in [0.25, 0.3) is 10.2 Å². The molecule has 2 aromatic carbocycles. The van der Waals surface area contributed by atoms with E-state index in [0.717, 1.165) is 33.0 Å². The van der Waals surface area contributed by atoms with E-state index in [1.54, 1.807) is 23.5 Å². The van der Waals surface area contributed by atoms with Crippen LogP contribution in [0.3, 0.4) is 0 Å². The van der Waals surface area contributed by atoms with Gasteiger partial charge in [0.05, 0.1) is 15.1 Å². The number of hydrogen-bond donors (Lipinski definition) is 0. The third kappa shape index (κ3) is 5.58. The Morgan fingerprint density at radius 3 is 2.31 bits per heavy atom. The Hall–Kier alpha value is -2.33. The number of aromatic nitrogens is 1. The Balaban J connectivity index is 1.52. The maximum Gasteiger partial charge on any atom is 0.243 e. The monoisotopic (exact) mass is 514 g/mol. The Morgan fingerprint density at radius 1 is 1.03 bits per heavy atom. The van der Waals surface area contributed by atoms with Gasteiger partial charge < -0.3 is 4.90 Å². The van der Waals surface area contributed by atoms with Crippen LogP contribution in [0.5, 0.6) is 0 Å². The summed E-state index contributed by atoms with van der Waals surface area (Å²) in [6.07, 6.45) is 1.01. The number of fused-ring (bicyclic) bond motifs is 1. The van der Waals surface area contributed by atoms with Gasteiger partial charge in [0, 0.05) is 32.1 Å². The fraction of sp³-hybridized carbons (Fsp3) is 0.462.